The molecular formula is C14H23NOS. The van der Waals surface area contributed by atoms with Gasteiger partial charge in [-0.2, -0.15) is 0 Å². The summed E-state index contributed by atoms with van der Waals surface area (Å²) in [6.45, 7) is 2.30. The summed E-state index contributed by atoms with van der Waals surface area (Å²) in [5, 5.41) is 2.05. The summed E-state index contributed by atoms with van der Waals surface area (Å²) >= 11 is 1.73. The van der Waals surface area contributed by atoms with Crippen molar-refractivity contribution >= 4 is 11.3 Å². The van der Waals surface area contributed by atoms with Gasteiger partial charge in [0.15, 0.2) is 0 Å². The van der Waals surface area contributed by atoms with Crippen molar-refractivity contribution in [2.75, 3.05) is 7.11 Å². The molecule has 2 N–H and O–H groups in total. The molecule has 0 saturated heterocycles. The van der Waals surface area contributed by atoms with Gasteiger partial charge in [0.1, 0.15) is 5.75 Å². The van der Waals surface area contributed by atoms with Crippen molar-refractivity contribution in [1.82, 2.24) is 0 Å². The molecule has 1 aromatic heterocycles. The van der Waals surface area contributed by atoms with Crippen LogP contribution in [-0.4, -0.2) is 7.11 Å². The summed E-state index contributed by atoms with van der Waals surface area (Å²) in [5.41, 5.74) is 6.41. The standard InChI is InChI=1S/C14H23NOS/c1-3-10-5-4-6-11(7-10)14(15)13-8-12(16-2)9-17-13/h8-11,14H,3-7,15H2,1-2H3. The molecule has 96 valence electrons. The first-order chi connectivity index (χ1) is 8.24. The summed E-state index contributed by atoms with van der Waals surface area (Å²) in [6.07, 6.45) is 6.64. The van der Waals surface area contributed by atoms with E-state index in [1.54, 1.807) is 18.4 Å². The minimum atomic E-state index is 0.207. The number of ether oxygens (including phenoxy) is 1. The van der Waals surface area contributed by atoms with Crippen LogP contribution in [0.3, 0.4) is 0 Å². The molecule has 0 amide bonds. The Bertz CT molecular complexity index is 350. The van der Waals surface area contributed by atoms with Crippen molar-refractivity contribution in [3.8, 4) is 5.75 Å². The van der Waals surface area contributed by atoms with Crippen molar-refractivity contribution in [2.45, 2.75) is 45.1 Å². The van der Waals surface area contributed by atoms with Crippen molar-refractivity contribution in [3.63, 3.8) is 0 Å². The molecule has 1 saturated carbocycles. The molecule has 0 aliphatic heterocycles. The van der Waals surface area contributed by atoms with Crippen LogP contribution >= 0.6 is 11.3 Å². The maximum Gasteiger partial charge on any atom is 0.129 e. The first-order valence-electron chi connectivity index (χ1n) is 6.62. The molecule has 17 heavy (non-hydrogen) atoms. The second-order valence-electron chi connectivity index (χ2n) is 5.12. The number of thiophene rings is 1. The highest BCUT2D eigenvalue weighted by Crippen LogP contribution is 2.39. The normalized spacial score (nSPS) is 26.8. The van der Waals surface area contributed by atoms with Gasteiger partial charge in [0.25, 0.3) is 0 Å². The fraction of sp³-hybridized carbons (Fsp3) is 0.714. The molecule has 1 heterocycles. The maximum absolute atomic E-state index is 6.41. The maximum atomic E-state index is 6.41. The van der Waals surface area contributed by atoms with Gasteiger partial charge in [-0.05, 0) is 30.7 Å². The Morgan fingerprint density at radius 3 is 3.00 bits per heavy atom. The third-order valence-corrected chi connectivity index (χ3v) is 5.08. The van der Waals surface area contributed by atoms with E-state index in [-0.39, 0.29) is 6.04 Å². The Kier molecular flexibility index (Phi) is 4.46. The third-order valence-electron chi connectivity index (χ3n) is 4.07. The zero-order valence-corrected chi connectivity index (χ0v) is 11.6. The van der Waals surface area contributed by atoms with Gasteiger partial charge in [-0.15, -0.1) is 11.3 Å². The van der Waals surface area contributed by atoms with Crippen LogP contribution in [0.25, 0.3) is 0 Å². The lowest BCUT2D eigenvalue weighted by molar-refractivity contribution is 0.232. The van der Waals surface area contributed by atoms with E-state index < -0.39 is 0 Å². The van der Waals surface area contributed by atoms with Gasteiger partial charge >= 0.3 is 0 Å². The first kappa shape index (κ1) is 12.9. The Morgan fingerprint density at radius 2 is 2.35 bits per heavy atom. The van der Waals surface area contributed by atoms with Crippen LogP contribution < -0.4 is 10.5 Å². The van der Waals surface area contributed by atoms with E-state index in [4.69, 9.17) is 10.5 Å². The van der Waals surface area contributed by atoms with Crippen LogP contribution in [0.1, 0.15) is 49.9 Å². The van der Waals surface area contributed by atoms with E-state index in [1.165, 1.54) is 37.0 Å². The predicted octanol–water partition coefficient (Wildman–Crippen LogP) is 3.97. The molecule has 0 aromatic carbocycles. The SMILES string of the molecule is CCC1CCCC(C(N)c2cc(OC)cs2)C1. The van der Waals surface area contributed by atoms with Crippen LogP contribution in [0, 0.1) is 11.8 Å². The molecule has 3 atom stereocenters. The molecule has 3 heteroatoms. The molecule has 1 fully saturated rings. The quantitative estimate of drug-likeness (QED) is 0.881. The Hall–Kier alpha value is -0.540. The molecule has 3 unspecified atom stereocenters. The van der Waals surface area contributed by atoms with Gasteiger partial charge in [0, 0.05) is 16.3 Å². The summed E-state index contributed by atoms with van der Waals surface area (Å²) in [4.78, 5) is 1.28. The van der Waals surface area contributed by atoms with E-state index in [9.17, 15) is 0 Å². The van der Waals surface area contributed by atoms with Crippen LogP contribution in [0.2, 0.25) is 0 Å². The number of nitrogens with two attached hydrogens (primary N) is 1. The van der Waals surface area contributed by atoms with E-state index in [1.807, 2.05) is 0 Å². The average Bonchev–Trinajstić information content (AvgIpc) is 2.86. The van der Waals surface area contributed by atoms with Gasteiger partial charge in [-0.3, -0.25) is 0 Å². The number of rotatable bonds is 4. The topological polar surface area (TPSA) is 35.2 Å². The zero-order chi connectivity index (χ0) is 12.3. The summed E-state index contributed by atoms with van der Waals surface area (Å²) in [5.74, 6) is 2.50. The van der Waals surface area contributed by atoms with Crippen LogP contribution in [0.5, 0.6) is 5.75 Å². The Balaban J connectivity index is 2.00. The van der Waals surface area contributed by atoms with Gasteiger partial charge in [-0.25, -0.2) is 0 Å². The van der Waals surface area contributed by atoms with Crippen molar-refractivity contribution in [2.24, 2.45) is 17.6 Å². The highest BCUT2D eigenvalue weighted by molar-refractivity contribution is 7.10. The molecule has 0 radical (unpaired) electrons. The fourth-order valence-corrected chi connectivity index (χ4v) is 3.83. The van der Waals surface area contributed by atoms with Crippen molar-refractivity contribution in [1.29, 1.82) is 0 Å². The molecule has 1 aromatic rings. The van der Waals surface area contributed by atoms with Gasteiger partial charge < -0.3 is 10.5 Å². The third kappa shape index (κ3) is 3.02. The molecule has 0 bridgehead atoms. The highest BCUT2D eigenvalue weighted by atomic mass is 32.1. The van der Waals surface area contributed by atoms with Crippen molar-refractivity contribution < 1.29 is 4.74 Å². The minimum Gasteiger partial charge on any atom is -0.496 e. The van der Waals surface area contributed by atoms with Crippen LogP contribution in [0.4, 0.5) is 0 Å². The fourth-order valence-electron chi connectivity index (χ4n) is 2.88. The van der Waals surface area contributed by atoms with Gasteiger partial charge in [0.2, 0.25) is 0 Å². The lowest BCUT2D eigenvalue weighted by atomic mass is 9.77. The molecule has 1 aliphatic carbocycles. The largest absolute Gasteiger partial charge is 0.496 e. The smallest absolute Gasteiger partial charge is 0.129 e. The molecule has 2 rings (SSSR count). The second kappa shape index (κ2) is 5.87. The Labute approximate surface area is 108 Å². The average molecular weight is 253 g/mol. The van der Waals surface area contributed by atoms with Crippen molar-refractivity contribution in [3.05, 3.63) is 16.3 Å². The number of methoxy groups -OCH3 is 1. The second-order valence-corrected chi connectivity index (χ2v) is 6.06. The molecule has 0 spiro atoms. The summed E-state index contributed by atoms with van der Waals surface area (Å²) in [7, 11) is 1.71. The Morgan fingerprint density at radius 1 is 1.53 bits per heavy atom. The lowest BCUT2D eigenvalue weighted by Gasteiger charge is -2.32. The van der Waals surface area contributed by atoms with Gasteiger partial charge in [0.05, 0.1) is 7.11 Å². The monoisotopic (exact) mass is 253 g/mol. The lowest BCUT2D eigenvalue weighted by Crippen LogP contribution is -2.26. The first-order valence-corrected chi connectivity index (χ1v) is 7.50. The summed E-state index contributed by atoms with van der Waals surface area (Å²) in [6, 6.07) is 2.31. The zero-order valence-electron chi connectivity index (χ0n) is 10.8. The number of hydrogen-bond acceptors (Lipinski definition) is 3. The van der Waals surface area contributed by atoms with E-state index in [0.29, 0.717) is 5.92 Å². The molecular weight excluding hydrogens is 230 g/mol. The molecule has 2 nitrogen and oxygen atoms in total. The van der Waals surface area contributed by atoms with Crippen LogP contribution in [-0.2, 0) is 0 Å². The predicted molar refractivity (Wildman–Crippen MR) is 73.5 cm³/mol. The highest BCUT2D eigenvalue weighted by Gasteiger charge is 2.27. The summed E-state index contributed by atoms with van der Waals surface area (Å²) < 4.78 is 5.23. The molecule has 1 aliphatic rings. The van der Waals surface area contributed by atoms with Gasteiger partial charge in [-0.1, -0.05) is 26.2 Å². The van der Waals surface area contributed by atoms with E-state index in [2.05, 4.69) is 18.4 Å². The minimum absolute atomic E-state index is 0.207. The number of hydrogen-bond donors (Lipinski definition) is 1. The van der Waals surface area contributed by atoms with E-state index >= 15 is 0 Å². The van der Waals surface area contributed by atoms with E-state index in [0.717, 1.165) is 11.7 Å². The van der Waals surface area contributed by atoms with Crippen LogP contribution in [0.15, 0.2) is 11.4 Å².